The summed E-state index contributed by atoms with van der Waals surface area (Å²) in [5.41, 5.74) is 2.18. The first-order valence-corrected chi connectivity index (χ1v) is 5.70. The largest absolute Gasteiger partial charge is 0.343 e. The lowest BCUT2D eigenvalue weighted by molar-refractivity contribution is 0.737. The first-order valence-electron chi connectivity index (χ1n) is 5.32. The highest BCUT2D eigenvalue weighted by Crippen LogP contribution is 2.23. The minimum absolute atomic E-state index is 0.758. The summed E-state index contributed by atoms with van der Waals surface area (Å²) in [6.07, 6.45) is 3.45. The van der Waals surface area contributed by atoms with E-state index in [0.717, 1.165) is 29.5 Å². The summed E-state index contributed by atoms with van der Waals surface area (Å²) in [7, 11) is 0. The Bertz CT molecular complexity index is 385. The van der Waals surface area contributed by atoms with Gasteiger partial charge in [-0.25, -0.2) is 0 Å². The van der Waals surface area contributed by atoms with Gasteiger partial charge in [-0.15, -0.1) is 0 Å². The Labute approximate surface area is 95.4 Å². The number of aliphatic imine (C=N–C) groups is 1. The molecule has 3 heteroatoms. The van der Waals surface area contributed by atoms with Crippen LogP contribution >= 0.6 is 11.6 Å². The molecule has 1 N–H and O–H groups in total. The van der Waals surface area contributed by atoms with E-state index < -0.39 is 0 Å². The molecule has 0 unspecified atom stereocenters. The highest BCUT2D eigenvalue weighted by Gasteiger charge is 2.07. The summed E-state index contributed by atoms with van der Waals surface area (Å²) in [6, 6.07) is 5.98. The quantitative estimate of drug-likeness (QED) is 0.771. The highest BCUT2D eigenvalue weighted by molar-refractivity contribution is 6.33. The average Bonchev–Trinajstić information content (AvgIpc) is 2.25. The molecule has 0 bridgehead atoms. The van der Waals surface area contributed by atoms with E-state index in [1.165, 1.54) is 18.4 Å². The van der Waals surface area contributed by atoms with Gasteiger partial charge in [-0.3, -0.25) is 4.99 Å². The molecule has 0 aliphatic carbocycles. The fourth-order valence-corrected chi connectivity index (χ4v) is 1.85. The second kappa shape index (κ2) is 4.67. The fourth-order valence-electron chi connectivity index (χ4n) is 1.69. The SMILES string of the molecule is Cc1ccc(Cl)c(NC2=NCCCC2)c1. The Balaban J connectivity index is 2.15. The third kappa shape index (κ3) is 2.72. The summed E-state index contributed by atoms with van der Waals surface area (Å²) in [5, 5.41) is 4.07. The molecule has 0 amide bonds. The van der Waals surface area contributed by atoms with Crippen molar-refractivity contribution in [3.8, 4) is 0 Å². The minimum atomic E-state index is 0.758. The molecular formula is C12H15ClN2. The number of rotatable bonds is 1. The van der Waals surface area contributed by atoms with Crippen LogP contribution < -0.4 is 5.32 Å². The lowest BCUT2D eigenvalue weighted by Gasteiger charge is -2.15. The van der Waals surface area contributed by atoms with Gasteiger partial charge in [0.2, 0.25) is 0 Å². The zero-order valence-corrected chi connectivity index (χ0v) is 9.64. The summed E-state index contributed by atoms with van der Waals surface area (Å²) < 4.78 is 0. The molecule has 1 aliphatic heterocycles. The first-order chi connectivity index (χ1) is 7.25. The van der Waals surface area contributed by atoms with Crippen LogP contribution in [0.2, 0.25) is 5.02 Å². The zero-order valence-electron chi connectivity index (χ0n) is 8.89. The second-order valence-corrected chi connectivity index (χ2v) is 4.30. The normalized spacial score (nSPS) is 16.0. The van der Waals surface area contributed by atoms with Crippen LogP contribution in [0.5, 0.6) is 0 Å². The Kier molecular flexibility index (Phi) is 3.27. The third-order valence-corrected chi connectivity index (χ3v) is 2.85. The van der Waals surface area contributed by atoms with Gasteiger partial charge in [-0.2, -0.15) is 0 Å². The summed E-state index contributed by atoms with van der Waals surface area (Å²) >= 11 is 6.10. The van der Waals surface area contributed by atoms with E-state index in [1.807, 2.05) is 12.1 Å². The van der Waals surface area contributed by atoms with Gasteiger partial charge in [0.1, 0.15) is 5.84 Å². The van der Waals surface area contributed by atoms with E-state index in [0.29, 0.717) is 0 Å². The smallest absolute Gasteiger partial charge is 0.101 e. The number of benzene rings is 1. The van der Waals surface area contributed by atoms with Crippen molar-refractivity contribution in [1.82, 2.24) is 0 Å². The maximum absolute atomic E-state index is 6.10. The van der Waals surface area contributed by atoms with Crippen LogP contribution in [0.25, 0.3) is 0 Å². The first kappa shape index (κ1) is 10.5. The predicted octanol–water partition coefficient (Wildman–Crippen LogP) is 3.64. The van der Waals surface area contributed by atoms with Crippen molar-refractivity contribution in [1.29, 1.82) is 0 Å². The van der Waals surface area contributed by atoms with Gasteiger partial charge >= 0.3 is 0 Å². The predicted molar refractivity (Wildman–Crippen MR) is 66.0 cm³/mol. The van der Waals surface area contributed by atoms with Gasteiger partial charge in [0.25, 0.3) is 0 Å². The molecule has 1 aliphatic rings. The van der Waals surface area contributed by atoms with Gasteiger partial charge in [-0.1, -0.05) is 17.7 Å². The topological polar surface area (TPSA) is 24.4 Å². The molecule has 1 heterocycles. The number of hydrogen-bond donors (Lipinski definition) is 1. The monoisotopic (exact) mass is 222 g/mol. The van der Waals surface area contributed by atoms with Gasteiger partial charge < -0.3 is 5.32 Å². The number of hydrogen-bond acceptors (Lipinski definition) is 2. The maximum Gasteiger partial charge on any atom is 0.101 e. The molecule has 2 rings (SSSR count). The molecule has 1 aromatic rings. The Morgan fingerprint density at radius 3 is 2.93 bits per heavy atom. The zero-order chi connectivity index (χ0) is 10.7. The number of nitrogens with one attached hydrogen (secondary N) is 1. The van der Waals surface area contributed by atoms with Crippen molar-refractivity contribution in [3.05, 3.63) is 28.8 Å². The van der Waals surface area contributed by atoms with E-state index in [9.17, 15) is 0 Å². The molecule has 0 spiro atoms. The highest BCUT2D eigenvalue weighted by atomic mass is 35.5. The van der Waals surface area contributed by atoms with Crippen molar-refractivity contribution in [2.24, 2.45) is 4.99 Å². The van der Waals surface area contributed by atoms with Crippen molar-refractivity contribution in [2.75, 3.05) is 11.9 Å². The number of aryl methyl sites for hydroxylation is 1. The van der Waals surface area contributed by atoms with Crippen LogP contribution in [-0.2, 0) is 0 Å². The molecule has 0 saturated carbocycles. The molecule has 80 valence electrons. The summed E-state index contributed by atoms with van der Waals surface area (Å²) in [6.45, 7) is 3.00. The van der Waals surface area contributed by atoms with Crippen LogP contribution in [-0.4, -0.2) is 12.4 Å². The van der Waals surface area contributed by atoms with Crippen LogP contribution in [0, 0.1) is 6.92 Å². The van der Waals surface area contributed by atoms with Gasteiger partial charge in [-0.05, 0) is 37.5 Å². The van der Waals surface area contributed by atoms with Crippen molar-refractivity contribution < 1.29 is 0 Å². The lowest BCUT2D eigenvalue weighted by atomic mass is 10.1. The average molecular weight is 223 g/mol. The molecule has 0 saturated heterocycles. The van der Waals surface area contributed by atoms with Crippen LogP contribution in [0.4, 0.5) is 5.69 Å². The molecule has 0 atom stereocenters. The van der Waals surface area contributed by atoms with Crippen molar-refractivity contribution >= 4 is 23.1 Å². The van der Waals surface area contributed by atoms with Crippen LogP contribution in [0.15, 0.2) is 23.2 Å². The van der Waals surface area contributed by atoms with Crippen molar-refractivity contribution in [2.45, 2.75) is 26.2 Å². The Morgan fingerprint density at radius 2 is 2.20 bits per heavy atom. The molecular weight excluding hydrogens is 208 g/mol. The molecule has 0 radical (unpaired) electrons. The number of anilines is 1. The fraction of sp³-hybridized carbons (Fsp3) is 0.417. The van der Waals surface area contributed by atoms with E-state index >= 15 is 0 Å². The van der Waals surface area contributed by atoms with E-state index in [2.05, 4.69) is 23.3 Å². The number of amidine groups is 1. The van der Waals surface area contributed by atoms with Crippen LogP contribution in [0.3, 0.4) is 0 Å². The van der Waals surface area contributed by atoms with E-state index in [-0.39, 0.29) is 0 Å². The van der Waals surface area contributed by atoms with Gasteiger partial charge in [0.15, 0.2) is 0 Å². The van der Waals surface area contributed by atoms with E-state index in [4.69, 9.17) is 11.6 Å². The third-order valence-electron chi connectivity index (χ3n) is 2.53. The van der Waals surface area contributed by atoms with Gasteiger partial charge in [0, 0.05) is 13.0 Å². The van der Waals surface area contributed by atoms with Crippen LogP contribution in [0.1, 0.15) is 24.8 Å². The Morgan fingerprint density at radius 1 is 1.33 bits per heavy atom. The minimum Gasteiger partial charge on any atom is -0.343 e. The maximum atomic E-state index is 6.10. The summed E-state index contributed by atoms with van der Waals surface area (Å²) in [5.74, 6) is 1.06. The standard InChI is InChI=1S/C12H15ClN2/c1-9-5-6-10(13)11(8-9)15-12-4-2-3-7-14-12/h5-6,8H,2-4,7H2,1H3,(H,14,15). The Hall–Kier alpha value is -1.02. The van der Waals surface area contributed by atoms with Crippen molar-refractivity contribution in [3.63, 3.8) is 0 Å². The van der Waals surface area contributed by atoms with Gasteiger partial charge in [0.05, 0.1) is 10.7 Å². The molecule has 1 aromatic carbocycles. The molecule has 15 heavy (non-hydrogen) atoms. The molecule has 0 aromatic heterocycles. The second-order valence-electron chi connectivity index (χ2n) is 3.89. The molecule has 0 fully saturated rings. The number of nitrogens with zero attached hydrogens (tertiary/aromatic N) is 1. The number of halogens is 1. The van der Waals surface area contributed by atoms with E-state index in [1.54, 1.807) is 0 Å². The molecule has 2 nitrogen and oxygen atoms in total. The lowest BCUT2D eigenvalue weighted by Crippen LogP contribution is -2.16. The summed E-state index contributed by atoms with van der Waals surface area (Å²) in [4.78, 5) is 4.44.